The van der Waals surface area contributed by atoms with Crippen molar-refractivity contribution in [2.24, 2.45) is 5.73 Å². The number of ether oxygens (including phenoxy) is 1. The van der Waals surface area contributed by atoms with E-state index < -0.39 is 35.4 Å². The molecule has 4 atom stereocenters. The van der Waals surface area contributed by atoms with Crippen LogP contribution in [0.25, 0.3) is 21.5 Å². The van der Waals surface area contributed by atoms with Crippen LogP contribution in [0.4, 0.5) is 8.78 Å². The highest BCUT2D eigenvalue weighted by Crippen LogP contribution is 2.40. The van der Waals surface area contributed by atoms with Crippen LogP contribution in [-0.2, 0) is 15.5 Å². The third kappa shape index (κ3) is 6.35. The van der Waals surface area contributed by atoms with Gasteiger partial charge in [0.05, 0.1) is 6.10 Å². The maximum atomic E-state index is 16.6. The van der Waals surface area contributed by atoms with E-state index in [0.29, 0.717) is 31.1 Å². The van der Waals surface area contributed by atoms with E-state index in [0.717, 1.165) is 52.1 Å². The van der Waals surface area contributed by atoms with Gasteiger partial charge < -0.3 is 25.8 Å². The summed E-state index contributed by atoms with van der Waals surface area (Å²) in [6.07, 6.45) is 5.21. The molecule has 0 aromatic heterocycles. The normalized spacial score (nSPS) is 22.8. The predicted molar refractivity (Wildman–Crippen MR) is 180 cm³/mol. The lowest BCUT2D eigenvalue weighted by Crippen LogP contribution is -2.61. The highest BCUT2D eigenvalue weighted by atomic mass is 79.9. The zero-order chi connectivity index (χ0) is 32.9. The van der Waals surface area contributed by atoms with E-state index in [-0.39, 0.29) is 29.8 Å². The summed E-state index contributed by atoms with van der Waals surface area (Å²) in [4.78, 5) is 29.2. The largest absolute Gasteiger partial charge is 0.490 e. The van der Waals surface area contributed by atoms with Gasteiger partial charge in [-0.15, -0.1) is 0 Å². The van der Waals surface area contributed by atoms with Crippen LogP contribution in [0.5, 0.6) is 5.75 Å². The lowest BCUT2D eigenvalue weighted by atomic mass is 9.93. The molecule has 7 nitrogen and oxygen atoms in total. The molecule has 0 spiro atoms. The Morgan fingerprint density at radius 2 is 1.49 bits per heavy atom. The summed E-state index contributed by atoms with van der Waals surface area (Å²) in [5.74, 6) is -4.97. The predicted octanol–water partition coefficient (Wildman–Crippen LogP) is 6.87. The molecule has 47 heavy (non-hydrogen) atoms. The Morgan fingerprint density at radius 3 is 2.23 bits per heavy atom. The van der Waals surface area contributed by atoms with Crippen LogP contribution in [0.15, 0.2) is 77.3 Å². The van der Waals surface area contributed by atoms with Gasteiger partial charge in [0.2, 0.25) is 0 Å². The smallest absolute Gasteiger partial charge is 0.302 e. The van der Waals surface area contributed by atoms with E-state index in [4.69, 9.17) is 10.5 Å². The second-order valence-corrected chi connectivity index (χ2v) is 14.2. The minimum atomic E-state index is -3.79. The van der Waals surface area contributed by atoms with Crippen molar-refractivity contribution in [3.05, 3.63) is 88.4 Å². The minimum Gasteiger partial charge on any atom is -0.490 e. The lowest BCUT2D eigenvalue weighted by Gasteiger charge is -2.41. The molecule has 3 fully saturated rings. The number of nitrogens with zero attached hydrogens (tertiary/aromatic N) is 1. The van der Waals surface area contributed by atoms with E-state index in [1.165, 1.54) is 17.0 Å². The number of piperidine rings is 1. The van der Waals surface area contributed by atoms with Crippen molar-refractivity contribution in [3.8, 4) is 5.75 Å². The summed E-state index contributed by atoms with van der Waals surface area (Å²) in [5, 5.41) is 16.4. The van der Waals surface area contributed by atoms with Crippen LogP contribution in [0.2, 0.25) is 0 Å². The van der Waals surface area contributed by atoms with Crippen molar-refractivity contribution in [2.75, 3.05) is 0 Å². The number of rotatable bonds is 8. The van der Waals surface area contributed by atoms with Crippen LogP contribution in [0, 0.1) is 0 Å². The first-order chi connectivity index (χ1) is 22.6. The highest BCUT2D eigenvalue weighted by molar-refractivity contribution is 9.10. The van der Waals surface area contributed by atoms with Crippen molar-refractivity contribution in [1.82, 2.24) is 10.2 Å². The summed E-state index contributed by atoms with van der Waals surface area (Å²) in [6, 6.07) is 17.3. The Balaban J connectivity index is 1.17. The molecule has 4 aromatic carbocycles. The molecular weight excluding hydrogens is 668 g/mol. The van der Waals surface area contributed by atoms with Gasteiger partial charge in [-0.25, -0.2) is 0 Å². The van der Waals surface area contributed by atoms with Crippen molar-refractivity contribution in [2.45, 2.75) is 93.7 Å². The Hall–Kier alpha value is -3.60. The number of nitrogens with one attached hydrogen (secondary N) is 1. The molecule has 2 aliphatic heterocycles. The van der Waals surface area contributed by atoms with E-state index in [1.54, 1.807) is 36.4 Å². The standard InChI is InChI=1S/C37H38BrF2N3O4/c38-27-11-8-22-16-26(10-7-23(22)17-27)37(39,40)34(36(46)43-29-12-13-30(43)20-28(41)19-29)42-35(45)33(44)25-6-5-24-18-32(14-9-21(24)15-25)47-31-3-1-2-4-31/h5-11,14-18,28-31,33-34,44H,1-4,12-13,19-20,41H2,(H,42,45)/t28?,29?,30?,33-,34+/m0/s1. The number of hydrogen-bond donors (Lipinski definition) is 3. The van der Waals surface area contributed by atoms with E-state index in [1.807, 2.05) is 24.3 Å². The molecule has 2 unspecified atom stereocenters. The van der Waals surface area contributed by atoms with Crippen molar-refractivity contribution >= 4 is 49.3 Å². The Kier molecular flexibility index (Phi) is 8.70. The third-order valence-electron chi connectivity index (χ3n) is 10.1. The monoisotopic (exact) mass is 705 g/mol. The molecule has 10 heteroatoms. The summed E-state index contributed by atoms with van der Waals surface area (Å²) < 4.78 is 40.1. The van der Waals surface area contributed by atoms with Crippen LogP contribution < -0.4 is 15.8 Å². The molecule has 4 aromatic rings. The van der Waals surface area contributed by atoms with Crippen molar-refractivity contribution in [3.63, 3.8) is 0 Å². The number of carbonyl (C=O) groups is 2. The van der Waals surface area contributed by atoms with Gasteiger partial charge in [-0.1, -0.05) is 52.3 Å². The number of benzene rings is 4. The second-order valence-electron chi connectivity index (χ2n) is 13.3. The molecule has 4 N–H and O–H groups in total. The summed E-state index contributed by atoms with van der Waals surface area (Å²) in [7, 11) is 0. The molecule has 2 heterocycles. The fourth-order valence-corrected chi connectivity index (χ4v) is 8.06. The summed E-state index contributed by atoms with van der Waals surface area (Å²) >= 11 is 3.41. The average molecular weight is 707 g/mol. The first kappa shape index (κ1) is 32.0. The maximum absolute atomic E-state index is 16.6. The highest BCUT2D eigenvalue weighted by Gasteiger charge is 2.53. The number of aliphatic hydroxyl groups is 1. The maximum Gasteiger partial charge on any atom is 0.302 e. The fourth-order valence-electron chi connectivity index (χ4n) is 7.68. The molecule has 0 radical (unpaired) electrons. The first-order valence-electron chi connectivity index (χ1n) is 16.4. The quantitative estimate of drug-likeness (QED) is 0.186. The number of alkyl halides is 2. The zero-order valence-electron chi connectivity index (χ0n) is 25.9. The van der Waals surface area contributed by atoms with Crippen molar-refractivity contribution < 1.29 is 28.2 Å². The second kappa shape index (κ2) is 12.8. The lowest BCUT2D eigenvalue weighted by molar-refractivity contribution is -0.155. The van der Waals surface area contributed by atoms with Gasteiger partial charge in [0.15, 0.2) is 12.1 Å². The molecule has 1 aliphatic carbocycles. The van der Waals surface area contributed by atoms with Gasteiger partial charge in [0.25, 0.3) is 11.8 Å². The molecule has 7 rings (SSSR count). The van der Waals surface area contributed by atoms with Crippen LogP contribution in [0.1, 0.15) is 68.6 Å². The average Bonchev–Trinajstić information content (AvgIpc) is 3.67. The number of carbonyl (C=O) groups excluding carboxylic acids is 2. The first-order valence-corrected chi connectivity index (χ1v) is 17.2. The number of aliphatic hydroxyl groups excluding tert-OH is 1. The van der Waals surface area contributed by atoms with Crippen LogP contribution in [0.3, 0.4) is 0 Å². The third-order valence-corrected chi connectivity index (χ3v) is 10.6. The number of halogens is 3. The van der Waals surface area contributed by atoms with Crippen molar-refractivity contribution in [1.29, 1.82) is 0 Å². The molecule has 3 aliphatic rings. The summed E-state index contributed by atoms with van der Waals surface area (Å²) in [5.41, 5.74) is 6.03. The molecule has 1 saturated carbocycles. The molecule has 2 saturated heterocycles. The van der Waals surface area contributed by atoms with Gasteiger partial charge in [-0.05, 0) is 115 Å². The number of hydrogen-bond acceptors (Lipinski definition) is 5. The van der Waals surface area contributed by atoms with Gasteiger partial charge in [-0.3, -0.25) is 9.59 Å². The van der Waals surface area contributed by atoms with E-state index in [9.17, 15) is 14.7 Å². The summed E-state index contributed by atoms with van der Waals surface area (Å²) in [6.45, 7) is 0. The Labute approximate surface area is 280 Å². The topological polar surface area (TPSA) is 105 Å². The molecule has 2 bridgehead atoms. The zero-order valence-corrected chi connectivity index (χ0v) is 27.5. The van der Waals surface area contributed by atoms with E-state index >= 15 is 8.78 Å². The van der Waals surface area contributed by atoms with Gasteiger partial charge >= 0.3 is 5.92 Å². The van der Waals surface area contributed by atoms with Gasteiger partial charge in [0, 0.05) is 28.2 Å². The van der Waals surface area contributed by atoms with Crippen LogP contribution in [-0.4, -0.2) is 52.1 Å². The SMILES string of the molecule is NC1CC2CCC(C1)N2C(=O)[C@@H](NC(=O)[C@@H](O)c1ccc2cc(OC3CCCC3)ccc2c1)C(F)(F)c1ccc2cc(Br)ccc2c1. The van der Waals surface area contributed by atoms with Crippen LogP contribution >= 0.6 is 15.9 Å². The Morgan fingerprint density at radius 1 is 0.872 bits per heavy atom. The van der Waals surface area contributed by atoms with Gasteiger partial charge in [0.1, 0.15) is 5.75 Å². The van der Waals surface area contributed by atoms with Gasteiger partial charge in [-0.2, -0.15) is 8.78 Å². The fraction of sp³-hybridized carbons (Fsp3) is 0.405. The molecule has 2 amide bonds. The number of fused-ring (bicyclic) bond motifs is 4. The molecule has 246 valence electrons. The minimum absolute atomic E-state index is 0.106. The molecular formula is C37H38BrF2N3O4. The Bertz CT molecular complexity index is 1820. The number of amides is 2. The number of nitrogens with two attached hydrogens (primary N) is 1. The van der Waals surface area contributed by atoms with E-state index in [2.05, 4.69) is 21.2 Å².